The number of sulfonamides is 1. The third kappa shape index (κ3) is 3.24. The van der Waals surface area contributed by atoms with E-state index in [9.17, 15) is 8.42 Å². The molecule has 5 nitrogen and oxygen atoms in total. The first kappa shape index (κ1) is 14.1. The van der Waals surface area contributed by atoms with E-state index >= 15 is 0 Å². The maximum absolute atomic E-state index is 11.3. The molecule has 1 aromatic rings. The Morgan fingerprint density at radius 3 is 2.65 bits per heavy atom. The number of nitrogens with zero attached hydrogens (tertiary/aromatic N) is 1. The molecule has 0 bridgehead atoms. The molecule has 2 heterocycles. The Morgan fingerprint density at radius 1 is 1.40 bits per heavy atom. The molecule has 0 atom stereocenters. The van der Waals surface area contributed by atoms with Crippen molar-refractivity contribution in [2.75, 3.05) is 19.3 Å². The summed E-state index contributed by atoms with van der Waals surface area (Å²) in [5.74, 6) is 0. The molecule has 2 fully saturated rings. The van der Waals surface area contributed by atoms with Gasteiger partial charge in [0.2, 0.25) is 10.0 Å². The van der Waals surface area contributed by atoms with Crippen LogP contribution in [0, 0.1) is 5.41 Å². The first-order chi connectivity index (χ1) is 9.44. The van der Waals surface area contributed by atoms with Gasteiger partial charge in [0.05, 0.1) is 6.26 Å². The zero-order valence-corrected chi connectivity index (χ0v) is 12.7. The van der Waals surface area contributed by atoms with Gasteiger partial charge < -0.3 is 4.98 Å². The number of nitrogens with one attached hydrogen (secondary N) is 2. The Bertz CT molecular complexity index is 537. The highest BCUT2D eigenvalue weighted by Crippen LogP contribution is 2.44. The van der Waals surface area contributed by atoms with Gasteiger partial charge in [-0.2, -0.15) is 0 Å². The van der Waals surface area contributed by atoms with Crippen molar-refractivity contribution in [3.05, 3.63) is 24.0 Å². The Hall–Kier alpha value is -0.850. The summed E-state index contributed by atoms with van der Waals surface area (Å²) >= 11 is 0. The van der Waals surface area contributed by atoms with Gasteiger partial charge in [-0.25, -0.2) is 13.1 Å². The number of aromatic amines is 1. The fraction of sp³-hybridized carbons (Fsp3) is 0.714. The molecule has 1 saturated carbocycles. The monoisotopic (exact) mass is 297 g/mol. The van der Waals surface area contributed by atoms with Crippen LogP contribution in [0.5, 0.6) is 0 Å². The molecule has 6 heteroatoms. The van der Waals surface area contributed by atoms with Crippen molar-refractivity contribution < 1.29 is 8.42 Å². The smallest absolute Gasteiger partial charge is 0.208 e. The van der Waals surface area contributed by atoms with Crippen molar-refractivity contribution >= 4 is 10.0 Å². The van der Waals surface area contributed by atoms with Gasteiger partial charge in [-0.3, -0.25) is 4.90 Å². The first-order valence-corrected chi connectivity index (χ1v) is 9.15. The summed E-state index contributed by atoms with van der Waals surface area (Å²) in [7, 11) is -3.06. The largest absolute Gasteiger partial charge is 0.367 e. The standard InChI is InChI=1S/C14H23N3O2S/c1-20(18,19)16-13-2-5-14(6-3-13)10-17(11-14)9-12-4-7-15-8-12/h4,7-8,13,15-16H,2-3,5-6,9-11H2,1H3. The number of aromatic nitrogens is 1. The van der Waals surface area contributed by atoms with Crippen LogP contribution in [-0.2, 0) is 16.6 Å². The van der Waals surface area contributed by atoms with E-state index in [2.05, 4.69) is 26.9 Å². The Morgan fingerprint density at radius 2 is 2.10 bits per heavy atom. The van der Waals surface area contributed by atoms with E-state index in [4.69, 9.17) is 0 Å². The normalized spacial score (nSPS) is 23.9. The summed E-state index contributed by atoms with van der Waals surface area (Å²) in [5, 5.41) is 0. The minimum Gasteiger partial charge on any atom is -0.367 e. The second-order valence-electron chi connectivity index (χ2n) is 6.53. The van der Waals surface area contributed by atoms with E-state index in [0.717, 1.165) is 45.3 Å². The lowest BCUT2D eigenvalue weighted by molar-refractivity contribution is -0.0372. The molecule has 0 unspecified atom stereocenters. The molecule has 20 heavy (non-hydrogen) atoms. The van der Waals surface area contributed by atoms with Crippen LogP contribution in [0.25, 0.3) is 0 Å². The summed E-state index contributed by atoms with van der Waals surface area (Å²) in [5.41, 5.74) is 1.79. The number of likely N-dealkylation sites (tertiary alicyclic amines) is 1. The summed E-state index contributed by atoms with van der Waals surface area (Å²) in [6.07, 6.45) is 9.51. The maximum Gasteiger partial charge on any atom is 0.208 e. The molecule has 0 aromatic carbocycles. The average Bonchev–Trinajstić information content (AvgIpc) is 2.80. The molecule has 1 saturated heterocycles. The van der Waals surface area contributed by atoms with Crippen molar-refractivity contribution in [1.29, 1.82) is 0 Å². The van der Waals surface area contributed by atoms with E-state index in [1.165, 1.54) is 11.8 Å². The fourth-order valence-electron chi connectivity index (χ4n) is 3.70. The highest BCUT2D eigenvalue weighted by Gasteiger charge is 2.44. The van der Waals surface area contributed by atoms with Crippen molar-refractivity contribution in [2.45, 2.75) is 38.3 Å². The van der Waals surface area contributed by atoms with E-state index in [1.807, 2.05) is 6.20 Å². The highest BCUT2D eigenvalue weighted by molar-refractivity contribution is 7.88. The molecule has 1 aliphatic carbocycles. The predicted molar refractivity (Wildman–Crippen MR) is 78.7 cm³/mol. The van der Waals surface area contributed by atoms with Gasteiger partial charge in [0.25, 0.3) is 0 Å². The molecule has 1 aliphatic heterocycles. The number of H-pyrrole nitrogens is 1. The van der Waals surface area contributed by atoms with Crippen molar-refractivity contribution in [1.82, 2.24) is 14.6 Å². The molecule has 112 valence electrons. The van der Waals surface area contributed by atoms with E-state index in [0.29, 0.717) is 5.41 Å². The summed E-state index contributed by atoms with van der Waals surface area (Å²) in [6.45, 7) is 3.34. The van der Waals surface area contributed by atoms with Gasteiger partial charge in [-0.05, 0) is 42.7 Å². The fourth-order valence-corrected chi connectivity index (χ4v) is 4.54. The lowest BCUT2D eigenvalue weighted by atomic mass is 9.67. The lowest BCUT2D eigenvalue weighted by Gasteiger charge is -2.53. The Kier molecular flexibility index (Phi) is 3.64. The first-order valence-electron chi connectivity index (χ1n) is 7.26. The van der Waals surface area contributed by atoms with Gasteiger partial charge in [0.15, 0.2) is 0 Å². The summed E-state index contributed by atoms with van der Waals surface area (Å²) in [4.78, 5) is 5.57. The Labute approximate surface area is 120 Å². The highest BCUT2D eigenvalue weighted by atomic mass is 32.2. The van der Waals surface area contributed by atoms with Crippen LogP contribution in [0.2, 0.25) is 0 Å². The quantitative estimate of drug-likeness (QED) is 0.880. The van der Waals surface area contributed by atoms with E-state index < -0.39 is 10.0 Å². The van der Waals surface area contributed by atoms with Gasteiger partial charge in [0.1, 0.15) is 0 Å². The SMILES string of the molecule is CS(=O)(=O)NC1CCC2(CC1)CN(Cc1cc[nH]c1)C2. The van der Waals surface area contributed by atoms with Crippen LogP contribution >= 0.6 is 0 Å². The zero-order valence-electron chi connectivity index (χ0n) is 11.9. The van der Waals surface area contributed by atoms with Crippen LogP contribution in [0.4, 0.5) is 0 Å². The maximum atomic E-state index is 11.3. The molecule has 1 aromatic heterocycles. The molecular weight excluding hydrogens is 274 g/mol. The molecule has 0 amide bonds. The van der Waals surface area contributed by atoms with Crippen LogP contribution in [0.15, 0.2) is 18.5 Å². The van der Waals surface area contributed by atoms with Gasteiger partial charge in [-0.15, -0.1) is 0 Å². The van der Waals surface area contributed by atoms with E-state index in [-0.39, 0.29) is 6.04 Å². The summed E-state index contributed by atoms with van der Waals surface area (Å²) < 4.78 is 25.2. The van der Waals surface area contributed by atoms with Gasteiger partial charge >= 0.3 is 0 Å². The minimum absolute atomic E-state index is 0.148. The van der Waals surface area contributed by atoms with Gasteiger partial charge in [-0.1, -0.05) is 0 Å². The summed E-state index contributed by atoms with van der Waals surface area (Å²) in [6, 6.07) is 2.27. The second-order valence-corrected chi connectivity index (χ2v) is 8.31. The van der Waals surface area contributed by atoms with Crippen LogP contribution < -0.4 is 4.72 Å². The number of rotatable bonds is 4. The minimum atomic E-state index is -3.06. The molecule has 2 aliphatic rings. The predicted octanol–water partition coefficient (Wildman–Crippen LogP) is 1.31. The Balaban J connectivity index is 1.45. The molecule has 3 rings (SSSR count). The van der Waals surface area contributed by atoms with Crippen LogP contribution in [0.1, 0.15) is 31.2 Å². The molecule has 0 radical (unpaired) electrons. The van der Waals surface area contributed by atoms with Crippen LogP contribution in [-0.4, -0.2) is 43.7 Å². The lowest BCUT2D eigenvalue weighted by Crippen LogP contribution is -2.58. The average molecular weight is 297 g/mol. The topological polar surface area (TPSA) is 65.2 Å². The van der Waals surface area contributed by atoms with Crippen molar-refractivity contribution in [2.24, 2.45) is 5.41 Å². The molecule has 1 spiro atoms. The third-order valence-electron chi connectivity index (χ3n) is 4.61. The molecule has 2 N–H and O–H groups in total. The number of hydrogen-bond donors (Lipinski definition) is 2. The number of hydrogen-bond acceptors (Lipinski definition) is 3. The van der Waals surface area contributed by atoms with Crippen LogP contribution in [0.3, 0.4) is 0 Å². The van der Waals surface area contributed by atoms with Gasteiger partial charge in [0, 0.05) is 38.1 Å². The third-order valence-corrected chi connectivity index (χ3v) is 5.38. The van der Waals surface area contributed by atoms with E-state index in [1.54, 1.807) is 0 Å². The van der Waals surface area contributed by atoms with Crippen molar-refractivity contribution in [3.8, 4) is 0 Å². The van der Waals surface area contributed by atoms with Crippen molar-refractivity contribution in [3.63, 3.8) is 0 Å². The second kappa shape index (κ2) is 5.16. The zero-order chi connectivity index (χ0) is 14.2. The molecular formula is C14H23N3O2S.